The summed E-state index contributed by atoms with van der Waals surface area (Å²) >= 11 is 0. The Morgan fingerprint density at radius 3 is 2.38 bits per heavy atom. The summed E-state index contributed by atoms with van der Waals surface area (Å²) in [6.07, 6.45) is 1.06. The molecule has 1 aliphatic heterocycles. The Labute approximate surface area is 185 Å². The molecule has 8 heteroatoms. The first-order valence-corrected chi connectivity index (χ1v) is 10.2. The van der Waals surface area contributed by atoms with Crippen LogP contribution in [0.5, 0.6) is 0 Å². The number of amides is 2. The molecule has 0 spiro atoms. The summed E-state index contributed by atoms with van der Waals surface area (Å²) in [5, 5.41) is 4.88. The molecule has 2 aromatic carbocycles. The second-order valence-electron chi connectivity index (χ2n) is 7.57. The van der Waals surface area contributed by atoms with Gasteiger partial charge in [-0.25, -0.2) is 13.6 Å². The Morgan fingerprint density at radius 1 is 1.12 bits per heavy atom. The lowest BCUT2D eigenvalue weighted by molar-refractivity contribution is -0.150. The SMILES string of the molecule is COC(=O)C(C)C1(NC(=O)Nc2c(F)cc(C#Cc3ccccc3)cc2F)CCCOC1. The van der Waals surface area contributed by atoms with E-state index in [-0.39, 0.29) is 12.2 Å². The Kier molecular flexibility index (Phi) is 7.44. The highest BCUT2D eigenvalue weighted by atomic mass is 19.1. The number of carbonyl (C=O) groups excluding carboxylic acids is 2. The van der Waals surface area contributed by atoms with E-state index in [1.807, 2.05) is 18.2 Å². The lowest BCUT2D eigenvalue weighted by Gasteiger charge is -2.41. The fourth-order valence-corrected chi connectivity index (χ4v) is 3.57. The maximum atomic E-state index is 14.6. The molecule has 0 aromatic heterocycles. The van der Waals surface area contributed by atoms with Crippen LogP contribution < -0.4 is 10.6 Å². The van der Waals surface area contributed by atoms with Crippen LogP contribution >= 0.6 is 0 Å². The third kappa shape index (κ3) is 5.42. The Morgan fingerprint density at radius 2 is 1.78 bits per heavy atom. The van der Waals surface area contributed by atoms with E-state index in [2.05, 4.69) is 22.5 Å². The highest BCUT2D eigenvalue weighted by molar-refractivity contribution is 5.91. The molecule has 1 fully saturated rings. The number of carbonyl (C=O) groups is 2. The van der Waals surface area contributed by atoms with E-state index in [0.29, 0.717) is 25.0 Å². The van der Waals surface area contributed by atoms with Gasteiger partial charge in [0.1, 0.15) is 5.69 Å². The summed E-state index contributed by atoms with van der Waals surface area (Å²) < 4.78 is 39.4. The van der Waals surface area contributed by atoms with Crippen molar-refractivity contribution in [3.63, 3.8) is 0 Å². The predicted molar refractivity (Wildman–Crippen MR) is 115 cm³/mol. The predicted octanol–water partition coefficient (Wildman–Crippen LogP) is 3.84. The van der Waals surface area contributed by atoms with Crippen molar-refractivity contribution in [2.75, 3.05) is 25.6 Å². The first-order chi connectivity index (χ1) is 15.3. The lowest BCUT2D eigenvalue weighted by Crippen LogP contribution is -2.61. The quantitative estimate of drug-likeness (QED) is 0.557. The van der Waals surface area contributed by atoms with Gasteiger partial charge < -0.3 is 20.1 Å². The van der Waals surface area contributed by atoms with E-state index in [1.165, 1.54) is 7.11 Å². The maximum Gasteiger partial charge on any atom is 0.319 e. The fourth-order valence-electron chi connectivity index (χ4n) is 3.57. The minimum atomic E-state index is -1.05. The number of anilines is 1. The summed E-state index contributed by atoms with van der Waals surface area (Å²) in [7, 11) is 1.25. The van der Waals surface area contributed by atoms with Crippen LogP contribution in [0.1, 0.15) is 30.9 Å². The van der Waals surface area contributed by atoms with Crippen LogP contribution in [0.3, 0.4) is 0 Å². The van der Waals surface area contributed by atoms with Crippen molar-refractivity contribution in [1.82, 2.24) is 5.32 Å². The molecule has 0 radical (unpaired) electrons. The van der Waals surface area contributed by atoms with E-state index in [4.69, 9.17) is 9.47 Å². The molecule has 0 saturated carbocycles. The molecule has 6 nitrogen and oxygen atoms in total. The average molecular weight is 442 g/mol. The van der Waals surface area contributed by atoms with Crippen molar-refractivity contribution in [3.8, 4) is 11.8 Å². The summed E-state index contributed by atoms with van der Waals surface area (Å²) in [4.78, 5) is 24.7. The van der Waals surface area contributed by atoms with Gasteiger partial charge in [-0.3, -0.25) is 4.79 Å². The molecular formula is C24H24F2N2O4. The van der Waals surface area contributed by atoms with Gasteiger partial charge in [0, 0.05) is 17.7 Å². The van der Waals surface area contributed by atoms with Gasteiger partial charge in [0.25, 0.3) is 0 Å². The summed E-state index contributed by atoms with van der Waals surface area (Å²) in [5.74, 6) is 2.36. The van der Waals surface area contributed by atoms with Crippen LogP contribution in [0.15, 0.2) is 42.5 Å². The molecule has 2 amide bonds. The van der Waals surface area contributed by atoms with Gasteiger partial charge in [-0.05, 0) is 44.0 Å². The zero-order valence-corrected chi connectivity index (χ0v) is 17.8. The van der Waals surface area contributed by atoms with E-state index in [9.17, 15) is 18.4 Å². The smallest absolute Gasteiger partial charge is 0.319 e. The third-order valence-corrected chi connectivity index (χ3v) is 5.42. The highest BCUT2D eigenvalue weighted by Crippen LogP contribution is 2.29. The third-order valence-electron chi connectivity index (χ3n) is 5.42. The number of methoxy groups -OCH3 is 1. The molecule has 2 N–H and O–H groups in total. The lowest BCUT2D eigenvalue weighted by atomic mass is 9.80. The maximum absolute atomic E-state index is 14.6. The number of halogens is 2. The highest BCUT2D eigenvalue weighted by Gasteiger charge is 2.44. The van der Waals surface area contributed by atoms with Crippen LogP contribution in [0.25, 0.3) is 0 Å². The van der Waals surface area contributed by atoms with E-state index in [0.717, 1.165) is 12.1 Å². The van der Waals surface area contributed by atoms with Gasteiger partial charge in [0.15, 0.2) is 11.6 Å². The second-order valence-corrected chi connectivity index (χ2v) is 7.57. The first-order valence-electron chi connectivity index (χ1n) is 10.2. The van der Waals surface area contributed by atoms with Crippen molar-refractivity contribution < 1.29 is 27.8 Å². The number of hydrogen-bond donors (Lipinski definition) is 2. The van der Waals surface area contributed by atoms with Crippen LogP contribution in [0.2, 0.25) is 0 Å². The first kappa shape index (κ1) is 23.2. The second kappa shape index (κ2) is 10.2. The zero-order valence-electron chi connectivity index (χ0n) is 17.8. The molecular weight excluding hydrogens is 418 g/mol. The number of urea groups is 1. The van der Waals surface area contributed by atoms with Gasteiger partial charge in [0.2, 0.25) is 0 Å². The molecule has 0 bridgehead atoms. The van der Waals surface area contributed by atoms with Crippen molar-refractivity contribution >= 4 is 17.7 Å². The summed E-state index contributed by atoms with van der Waals surface area (Å²) in [5.41, 5.74) is -0.824. The van der Waals surface area contributed by atoms with E-state index in [1.54, 1.807) is 19.1 Å². The van der Waals surface area contributed by atoms with Crippen LogP contribution in [-0.4, -0.2) is 37.9 Å². The Balaban J connectivity index is 1.76. The number of hydrogen-bond acceptors (Lipinski definition) is 4. The molecule has 1 aliphatic rings. The topological polar surface area (TPSA) is 76.7 Å². The molecule has 168 valence electrons. The number of ether oxygens (including phenoxy) is 2. The molecule has 32 heavy (non-hydrogen) atoms. The number of benzene rings is 2. The van der Waals surface area contributed by atoms with Crippen molar-refractivity contribution in [3.05, 3.63) is 65.2 Å². The van der Waals surface area contributed by atoms with E-state index >= 15 is 0 Å². The van der Waals surface area contributed by atoms with Gasteiger partial charge in [-0.1, -0.05) is 30.0 Å². The van der Waals surface area contributed by atoms with Gasteiger partial charge >= 0.3 is 12.0 Å². The van der Waals surface area contributed by atoms with Crippen LogP contribution in [0.4, 0.5) is 19.3 Å². The molecule has 2 aromatic rings. The van der Waals surface area contributed by atoms with Crippen LogP contribution in [0, 0.1) is 29.4 Å². The number of rotatable bonds is 4. The summed E-state index contributed by atoms with van der Waals surface area (Å²) in [6, 6.07) is 10.2. The number of nitrogens with one attached hydrogen (secondary N) is 2. The van der Waals surface area contributed by atoms with Gasteiger partial charge in [0.05, 0.1) is 25.2 Å². The van der Waals surface area contributed by atoms with Gasteiger partial charge in [-0.2, -0.15) is 0 Å². The van der Waals surface area contributed by atoms with Crippen molar-refractivity contribution in [2.24, 2.45) is 5.92 Å². The molecule has 1 saturated heterocycles. The normalized spacial score (nSPS) is 18.6. The molecule has 3 rings (SSSR count). The monoisotopic (exact) mass is 442 g/mol. The molecule has 2 atom stereocenters. The molecule has 1 heterocycles. The standard InChI is InChI=1S/C24H24F2N2O4/c1-16(22(29)31-2)24(11-6-12-32-15-24)28-23(30)27-21-19(25)13-18(14-20(21)26)10-9-17-7-4-3-5-8-17/h3-5,7-8,13-14,16H,6,11-12,15H2,1-2H3,(H2,27,28,30). The van der Waals surface area contributed by atoms with Crippen molar-refractivity contribution in [2.45, 2.75) is 25.3 Å². The minimum absolute atomic E-state index is 0.0790. The average Bonchev–Trinajstić information content (AvgIpc) is 2.80. The fraction of sp³-hybridized carbons (Fsp3) is 0.333. The Hall–Kier alpha value is -3.44. The minimum Gasteiger partial charge on any atom is -0.469 e. The Bertz CT molecular complexity index is 1020. The molecule has 2 unspecified atom stereocenters. The largest absolute Gasteiger partial charge is 0.469 e. The summed E-state index contributed by atoms with van der Waals surface area (Å²) in [6.45, 7) is 2.19. The molecule has 0 aliphatic carbocycles. The van der Waals surface area contributed by atoms with Gasteiger partial charge in [-0.15, -0.1) is 0 Å². The number of esters is 1. The van der Waals surface area contributed by atoms with Crippen LogP contribution in [-0.2, 0) is 14.3 Å². The zero-order chi connectivity index (χ0) is 23.1. The van der Waals surface area contributed by atoms with E-state index < -0.39 is 40.8 Å². The van der Waals surface area contributed by atoms with Crippen molar-refractivity contribution in [1.29, 1.82) is 0 Å².